The number of sulfone groups is 1. The number of amides is 1. The van der Waals surface area contributed by atoms with Crippen molar-refractivity contribution in [1.82, 2.24) is 10.1 Å². The largest absolute Gasteiger partial charge is 0.356 e. The van der Waals surface area contributed by atoms with Crippen molar-refractivity contribution in [1.29, 1.82) is 0 Å². The Morgan fingerprint density at radius 1 is 1.09 bits per heavy atom. The molecule has 0 spiro atoms. The highest BCUT2D eigenvalue weighted by molar-refractivity contribution is 7.93. The fourth-order valence-electron chi connectivity index (χ4n) is 4.05. The Bertz CT molecular complexity index is 1230. The summed E-state index contributed by atoms with van der Waals surface area (Å²) >= 11 is 0. The smallest absolute Gasteiger partial charge is 0.255 e. The van der Waals surface area contributed by atoms with Crippen molar-refractivity contribution in [3.05, 3.63) is 77.0 Å². The molecule has 180 valence electrons. The fourth-order valence-corrected chi connectivity index (χ4v) is 6.11. The highest BCUT2D eigenvalue weighted by atomic mass is 32.2. The number of nitrogens with zero attached hydrogens (tertiary/aromatic N) is 2. The zero-order valence-electron chi connectivity index (χ0n) is 19.9. The predicted octanol–water partition coefficient (Wildman–Crippen LogP) is 4.38. The van der Waals surface area contributed by atoms with Gasteiger partial charge in [0.2, 0.25) is 4.87 Å². The second-order valence-electron chi connectivity index (χ2n) is 8.63. The Morgan fingerprint density at radius 2 is 1.74 bits per heavy atom. The van der Waals surface area contributed by atoms with Gasteiger partial charge in [0, 0.05) is 30.7 Å². The molecule has 8 heteroatoms. The van der Waals surface area contributed by atoms with Gasteiger partial charge in [-0.2, -0.15) is 0 Å². The van der Waals surface area contributed by atoms with Gasteiger partial charge >= 0.3 is 0 Å². The monoisotopic (exact) mass is 482 g/mol. The number of benzene rings is 2. The number of hydrogen-bond acceptors (Lipinski definition) is 6. The van der Waals surface area contributed by atoms with Gasteiger partial charge in [0.25, 0.3) is 5.91 Å². The highest BCUT2D eigenvalue weighted by Gasteiger charge is 2.49. The zero-order chi connectivity index (χ0) is 24.9. The van der Waals surface area contributed by atoms with Crippen LogP contribution < -0.4 is 0 Å². The molecule has 0 N–H and O–H groups in total. The van der Waals surface area contributed by atoms with Crippen molar-refractivity contribution in [3.63, 3.8) is 0 Å². The van der Waals surface area contributed by atoms with Crippen LogP contribution in [-0.2, 0) is 21.1 Å². The summed E-state index contributed by atoms with van der Waals surface area (Å²) in [5.74, 6) is -0.133. The summed E-state index contributed by atoms with van der Waals surface area (Å²) in [6.45, 7) is 5.61. The maximum absolute atomic E-state index is 13.6. The number of carbonyl (C=O) groups is 2. The first kappa shape index (κ1) is 25.4. The van der Waals surface area contributed by atoms with Crippen molar-refractivity contribution < 1.29 is 22.5 Å². The molecule has 0 saturated carbocycles. The van der Waals surface area contributed by atoms with Gasteiger partial charge in [-0.3, -0.25) is 9.59 Å². The number of likely N-dealkylation sites (N-methyl/N-ethyl adjacent to an activating group) is 1. The lowest BCUT2D eigenvalue weighted by molar-refractivity contribution is -0.113. The van der Waals surface area contributed by atoms with Crippen LogP contribution in [0.5, 0.6) is 0 Å². The molecular weight excluding hydrogens is 452 g/mol. The predicted molar refractivity (Wildman–Crippen MR) is 131 cm³/mol. The van der Waals surface area contributed by atoms with Crippen LogP contribution in [-0.4, -0.2) is 48.3 Å². The number of carbonyl (C=O) groups excluding carboxylic acids is 2. The van der Waals surface area contributed by atoms with Gasteiger partial charge in [-0.1, -0.05) is 60.0 Å². The van der Waals surface area contributed by atoms with E-state index >= 15 is 0 Å². The van der Waals surface area contributed by atoms with Crippen LogP contribution in [0, 0.1) is 13.8 Å². The molecule has 34 heavy (non-hydrogen) atoms. The normalized spacial score (nSPS) is 13.3. The SMILES string of the molecule is CCCCS(=O)(=O)[C@@](C=O)(Cc1ccc(-c2ccno2)cc1)N(C)C(=O)c1cc(C)cc(C)c1. The minimum atomic E-state index is -4.01. The van der Waals surface area contributed by atoms with Crippen molar-refractivity contribution in [2.45, 2.75) is 44.9 Å². The molecule has 1 heterocycles. The summed E-state index contributed by atoms with van der Waals surface area (Å²) in [6, 6.07) is 14.1. The number of aromatic nitrogens is 1. The summed E-state index contributed by atoms with van der Waals surface area (Å²) in [4.78, 5) is 25.1. The van der Waals surface area contributed by atoms with E-state index in [1.807, 2.05) is 26.8 Å². The molecule has 0 saturated heterocycles. The number of unbranched alkanes of at least 4 members (excludes halogenated alkanes) is 1. The van der Waals surface area contributed by atoms with Crippen LogP contribution in [0.4, 0.5) is 0 Å². The minimum Gasteiger partial charge on any atom is -0.356 e. The van der Waals surface area contributed by atoms with Gasteiger partial charge in [0.1, 0.15) is 0 Å². The lowest BCUT2D eigenvalue weighted by Gasteiger charge is -2.37. The highest BCUT2D eigenvalue weighted by Crippen LogP contribution is 2.30. The maximum atomic E-state index is 13.6. The van der Waals surface area contributed by atoms with Gasteiger partial charge in [-0.15, -0.1) is 0 Å². The molecule has 0 bridgehead atoms. The van der Waals surface area contributed by atoms with Crippen LogP contribution in [0.2, 0.25) is 0 Å². The van der Waals surface area contributed by atoms with Gasteiger partial charge in [-0.05, 0) is 38.0 Å². The molecule has 0 unspecified atom stereocenters. The molecule has 0 aliphatic heterocycles. The molecule has 3 aromatic rings. The van der Waals surface area contributed by atoms with E-state index < -0.39 is 20.6 Å². The average molecular weight is 483 g/mol. The average Bonchev–Trinajstić information content (AvgIpc) is 3.35. The summed E-state index contributed by atoms with van der Waals surface area (Å²) in [6.07, 6.45) is 2.83. The zero-order valence-corrected chi connectivity index (χ0v) is 20.8. The van der Waals surface area contributed by atoms with E-state index in [4.69, 9.17) is 4.52 Å². The van der Waals surface area contributed by atoms with Crippen molar-refractivity contribution >= 4 is 22.0 Å². The third-order valence-corrected chi connectivity index (χ3v) is 8.38. The summed E-state index contributed by atoms with van der Waals surface area (Å²) in [5.41, 5.74) is 3.48. The van der Waals surface area contributed by atoms with Gasteiger partial charge in [-0.25, -0.2) is 8.42 Å². The van der Waals surface area contributed by atoms with E-state index in [9.17, 15) is 18.0 Å². The lowest BCUT2D eigenvalue weighted by Crippen LogP contribution is -2.58. The molecule has 1 atom stereocenters. The molecule has 0 aliphatic rings. The Balaban J connectivity index is 2.04. The molecule has 7 nitrogen and oxygen atoms in total. The molecule has 2 aromatic carbocycles. The second kappa shape index (κ2) is 10.3. The van der Waals surface area contributed by atoms with Crippen LogP contribution in [0.3, 0.4) is 0 Å². The third-order valence-electron chi connectivity index (χ3n) is 5.96. The van der Waals surface area contributed by atoms with Crippen molar-refractivity contribution in [2.24, 2.45) is 0 Å². The molecule has 1 amide bonds. The number of hydrogen-bond donors (Lipinski definition) is 0. The van der Waals surface area contributed by atoms with E-state index in [0.29, 0.717) is 36.0 Å². The second-order valence-corrected chi connectivity index (χ2v) is 11.0. The van der Waals surface area contributed by atoms with Crippen LogP contribution >= 0.6 is 0 Å². The first-order valence-corrected chi connectivity index (χ1v) is 12.8. The Kier molecular flexibility index (Phi) is 7.71. The van der Waals surface area contributed by atoms with Crippen LogP contribution in [0.1, 0.15) is 46.8 Å². The van der Waals surface area contributed by atoms with Crippen LogP contribution in [0.15, 0.2) is 59.3 Å². The number of aryl methyl sites for hydroxylation is 2. The van der Waals surface area contributed by atoms with Gasteiger partial charge in [0.05, 0.1) is 11.9 Å². The summed E-state index contributed by atoms with van der Waals surface area (Å²) < 4.78 is 32.3. The maximum Gasteiger partial charge on any atom is 0.255 e. The lowest BCUT2D eigenvalue weighted by atomic mass is 10.0. The molecule has 0 aliphatic carbocycles. The van der Waals surface area contributed by atoms with E-state index in [-0.39, 0.29) is 12.2 Å². The van der Waals surface area contributed by atoms with Crippen molar-refractivity contribution in [2.75, 3.05) is 12.8 Å². The van der Waals surface area contributed by atoms with E-state index in [1.165, 1.54) is 13.2 Å². The summed E-state index contributed by atoms with van der Waals surface area (Å²) in [7, 11) is -2.62. The first-order chi connectivity index (χ1) is 16.1. The van der Waals surface area contributed by atoms with Gasteiger partial charge < -0.3 is 9.42 Å². The molecule has 1 aromatic heterocycles. The van der Waals surface area contributed by atoms with E-state index in [1.54, 1.807) is 42.5 Å². The first-order valence-electron chi connectivity index (χ1n) is 11.2. The Hall–Kier alpha value is -3.26. The van der Waals surface area contributed by atoms with E-state index in [2.05, 4.69) is 5.16 Å². The van der Waals surface area contributed by atoms with Crippen molar-refractivity contribution in [3.8, 4) is 11.3 Å². The third kappa shape index (κ3) is 5.12. The van der Waals surface area contributed by atoms with Gasteiger partial charge in [0.15, 0.2) is 21.9 Å². The van der Waals surface area contributed by atoms with E-state index in [0.717, 1.165) is 21.6 Å². The quantitative estimate of drug-likeness (QED) is 0.398. The topological polar surface area (TPSA) is 97.5 Å². The standard InChI is InChI=1S/C26H30N2O5S/c1-5-6-13-34(31,32)26(18-29,28(4)25(30)23-15-19(2)14-20(3)16-23)17-21-7-9-22(10-8-21)24-11-12-27-33-24/h7-12,14-16,18H,5-6,13,17H2,1-4H3/t26-/m1/s1. The number of rotatable bonds is 10. The van der Waals surface area contributed by atoms with Crippen LogP contribution in [0.25, 0.3) is 11.3 Å². The Morgan fingerprint density at radius 3 is 2.26 bits per heavy atom. The number of aldehydes is 1. The fraction of sp³-hybridized carbons (Fsp3) is 0.346. The molecular formula is C26H30N2O5S. The molecule has 0 fully saturated rings. The summed E-state index contributed by atoms with van der Waals surface area (Å²) in [5, 5.41) is 3.69. The molecule has 3 rings (SSSR count). The Labute approximate surface area is 200 Å². The molecule has 0 radical (unpaired) electrons. The minimum absolute atomic E-state index is 0.160.